The van der Waals surface area contributed by atoms with E-state index < -0.39 is 10.0 Å². The van der Waals surface area contributed by atoms with E-state index in [4.69, 9.17) is 4.74 Å². The molecule has 1 fully saturated rings. The summed E-state index contributed by atoms with van der Waals surface area (Å²) in [4.78, 5) is 15.4. The Morgan fingerprint density at radius 3 is 2.67 bits per heavy atom. The summed E-state index contributed by atoms with van der Waals surface area (Å²) in [6, 6.07) is 11.4. The van der Waals surface area contributed by atoms with Crippen LogP contribution in [0.4, 0.5) is 5.69 Å². The van der Waals surface area contributed by atoms with Crippen molar-refractivity contribution in [1.29, 1.82) is 0 Å². The summed E-state index contributed by atoms with van der Waals surface area (Å²) in [6.45, 7) is 2.30. The second kappa shape index (κ2) is 7.71. The lowest BCUT2D eigenvalue weighted by molar-refractivity contribution is -0.118. The maximum absolute atomic E-state index is 12.8. The molecule has 6 nitrogen and oxygen atoms in total. The number of carbonyl (C=O) groups excluding carboxylic acids is 1. The summed E-state index contributed by atoms with van der Waals surface area (Å²) >= 11 is 1.19. The first kappa shape index (κ1) is 18.6. The van der Waals surface area contributed by atoms with Crippen LogP contribution < -0.4 is 4.90 Å². The van der Waals surface area contributed by atoms with Gasteiger partial charge in [0.15, 0.2) is 0 Å². The number of anilines is 1. The molecule has 0 N–H and O–H groups in total. The minimum absolute atomic E-state index is 0.0133. The van der Waals surface area contributed by atoms with E-state index in [0.717, 1.165) is 23.4 Å². The van der Waals surface area contributed by atoms with Gasteiger partial charge >= 0.3 is 0 Å². The van der Waals surface area contributed by atoms with Crippen LogP contribution in [0.25, 0.3) is 0 Å². The van der Waals surface area contributed by atoms with Gasteiger partial charge in [-0.05, 0) is 36.6 Å². The van der Waals surface area contributed by atoms with Crippen LogP contribution in [0.5, 0.6) is 0 Å². The van der Waals surface area contributed by atoms with Gasteiger partial charge in [0.1, 0.15) is 4.21 Å². The maximum Gasteiger partial charge on any atom is 0.252 e. The summed E-state index contributed by atoms with van der Waals surface area (Å²) in [5.74, 6) is 0.0133. The number of carbonyl (C=O) groups is 1. The van der Waals surface area contributed by atoms with E-state index in [9.17, 15) is 13.2 Å². The number of sulfonamides is 1. The number of amides is 1. The highest BCUT2D eigenvalue weighted by Crippen LogP contribution is 2.29. The second-order valence-electron chi connectivity index (χ2n) is 6.69. The molecular weight excluding hydrogens is 384 g/mol. The molecule has 0 saturated carbocycles. The van der Waals surface area contributed by atoms with Crippen molar-refractivity contribution in [1.82, 2.24) is 4.31 Å². The average Bonchev–Trinajstić information content (AvgIpc) is 3.17. The fraction of sp³-hybridized carbons (Fsp3) is 0.421. The normalized spacial score (nSPS) is 18.3. The number of nitrogens with zero attached hydrogens (tertiary/aromatic N) is 2. The topological polar surface area (TPSA) is 66.9 Å². The first-order valence-electron chi connectivity index (χ1n) is 9.10. The third-order valence-electron chi connectivity index (χ3n) is 4.94. The average molecular weight is 407 g/mol. The second-order valence-corrected chi connectivity index (χ2v) is 10.0. The third-order valence-corrected chi connectivity index (χ3v) is 8.39. The predicted octanol–water partition coefficient (Wildman–Crippen LogP) is 2.29. The lowest BCUT2D eigenvalue weighted by Crippen LogP contribution is -2.40. The standard InChI is InChI=1S/C19H22N2O4S2/c22-18(21-9-3-5-15-4-1-2-6-17(15)21)14-16-7-8-19(26-16)27(23,24)20-10-12-25-13-11-20/h1-2,4,6-8H,3,5,9-14H2. The zero-order valence-corrected chi connectivity index (χ0v) is 16.6. The van der Waals surface area contributed by atoms with Gasteiger partial charge in [0, 0.05) is 30.2 Å². The molecule has 1 amide bonds. The van der Waals surface area contributed by atoms with Crippen molar-refractivity contribution in [2.45, 2.75) is 23.5 Å². The van der Waals surface area contributed by atoms with Crippen molar-refractivity contribution in [2.24, 2.45) is 0 Å². The van der Waals surface area contributed by atoms with Crippen LogP contribution in [0.1, 0.15) is 16.9 Å². The van der Waals surface area contributed by atoms with Crippen LogP contribution in [0.15, 0.2) is 40.6 Å². The molecule has 1 aromatic heterocycles. The van der Waals surface area contributed by atoms with Crippen molar-refractivity contribution in [3.8, 4) is 0 Å². The monoisotopic (exact) mass is 406 g/mol. The Bertz CT molecular complexity index is 933. The van der Waals surface area contributed by atoms with E-state index in [0.29, 0.717) is 37.1 Å². The molecule has 1 saturated heterocycles. The lowest BCUT2D eigenvalue weighted by atomic mass is 10.0. The van der Waals surface area contributed by atoms with Gasteiger partial charge in [0.05, 0.1) is 19.6 Å². The molecule has 3 heterocycles. The number of thiophene rings is 1. The number of benzene rings is 1. The number of hydrogen-bond acceptors (Lipinski definition) is 5. The molecule has 0 aliphatic carbocycles. The Morgan fingerprint density at radius 1 is 1.07 bits per heavy atom. The predicted molar refractivity (Wildman–Crippen MR) is 105 cm³/mol. The van der Waals surface area contributed by atoms with Crippen LogP contribution >= 0.6 is 11.3 Å². The molecule has 8 heteroatoms. The number of para-hydroxylation sites is 1. The van der Waals surface area contributed by atoms with E-state index >= 15 is 0 Å². The number of ether oxygens (including phenoxy) is 1. The number of fused-ring (bicyclic) bond motifs is 1. The van der Waals surface area contributed by atoms with Gasteiger partial charge in [-0.1, -0.05) is 18.2 Å². The fourth-order valence-corrected chi connectivity index (χ4v) is 6.45. The van der Waals surface area contributed by atoms with Crippen molar-refractivity contribution in [2.75, 3.05) is 37.7 Å². The van der Waals surface area contributed by atoms with E-state index in [1.165, 1.54) is 21.2 Å². The number of morpholine rings is 1. The quantitative estimate of drug-likeness (QED) is 0.781. The molecule has 0 unspecified atom stereocenters. The number of rotatable bonds is 4. The van der Waals surface area contributed by atoms with Gasteiger partial charge in [-0.2, -0.15) is 4.31 Å². The van der Waals surface area contributed by atoms with Crippen molar-refractivity contribution in [3.05, 3.63) is 46.8 Å². The highest BCUT2D eigenvalue weighted by atomic mass is 32.2. The highest BCUT2D eigenvalue weighted by molar-refractivity contribution is 7.91. The first-order valence-corrected chi connectivity index (χ1v) is 11.4. The Labute approximate surface area is 163 Å². The van der Waals surface area contributed by atoms with Crippen LogP contribution in [0.3, 0.4) is 0 Å². The lowest BCUT2D eigenvalue weighted by Gasteiger charge is -2.29. The third kappa shape index (κ3) is 3.80. The molecule has 0 spiro atoms. The first-order chi connectivity index (χ1) is 13.1. The van der Waals surface area contributed by atoms with Crippen LogP contribution in [-0.2, 0) is 32.4 Å². The van der Waals surface area contributed by atoms with E-state index in [1.807, 2.05) is 23.1 Å². The zero-order valence-electron chi connectivity index (χ0n) is 15.0. The summed E-state index contributed by atoms with van der Waals surface area (Å²) in [5, 5.41) is 0. The molecule has 144 valence electrons. The number of hydrogen-bond donors (Lipinski definition) is 0. The maximum atomic E-state index is 12.8. The molecule has 1 aromatic carbocycles. The summed E-state index contributed by atoms with van der Waals surface area (Å²) in [7, 11) is -3.50. The minimum atomic E-state index is -3.50. The van der Waals surface area contributed by atoms with Crippen LogP contribution in [0, 0.1) is 0 Å². The fourth-order valence-electron chi connectivity index (χ4n) is 3.54. The van der Waals surface area contributed by atoms with Crippen molar-refractivity contribution < 1.29 is 17.9 Å². The van der Waals surface area contributed by atoms with E-state index in [-0.39, 0.29) is 12.3 Å². The van der Waals surface area contributed by atoms with Gasteiger partial charge in [0.25, 0.3) is 10.0 Å². The van der Waals surface area contributed by atoms with Gasteiger partial charge in [-0.25, -0.2) is 8.42 Å². The Kier molecular flexibility index (Phi) is 5.32. The smallest absolute Gasteiger partial charge is 0.252 e. The molecule has 4 rings (SSSR count). The van der Waals surface area contributed by atoms with Crippen molar-refractivity contribution in [3.63, 3.8) is 0 Å². The van der Waals surface area contributed by atoms with E-state index in [1.54, 1.807) is 12.1 Å². The number of aryl methyl sites for hydroxylation is 1. The molecule has 2 aliphatic heterocycles. The Morgan fingerprint density at radius 2 is 1.85 bits per heavy atom. The minimum Gasteiger partial charge on any atom is -0.379 e. The zero-order chi connectivity index (χ0) is 18.9. The Hall–Kier alpha value is -1.74. The molecule has 0 bridgehead atoms. The largest absolute Gasteiger partial charge is 0.379 e. The van der Waals surface area contributed by atoms with E-state index in [2.05, 4.69) is 6.07 Å². The molecule has 0 radical (unpaired) electrons. The van der Waals surface area contributed by atoms with Gasteiger partial charge in [-0.3, -0.25) is 4.79 Å². The summed E-state index contributed by atoms with van der Waals surface area (Å²) in [6.07, 6.45) is 2.16. The summed E-state index contributed by atoms with van der Waals surface area (Å²) in [5.41, 5.74) is 2.17. The molecule has 27 heavy (non-hydrogen) atoms. The van der Waals surface area contributed by atoms with Crippen LogP contribution in [-0.4, -0.2) is 51.5 Å². The van der Waals surface area contributed by atoms with Gasteiger partial charge in [0.2, 0.25) is 5.91 Å². The highest BCUT2D eigenvalue weighted by Gasteiger charge is 2.28. The van der Waals surface area contributed by atoms with Crippen molar-refractivity contribution >= 4 is 33.0 Å². The summed E-state index contributed by atoms with van der Waals surface area (Å²) < 4.78 is 32.5. The SMILES string of the molecule is O=C(Cc1ccc(S(=O)(=O)N2CCOCC2)s1)N1CCCc2ccccc21. The molecule has 0 atom stereocenters. The van der Waals surface area contributed by atoms with Gasteiger partial charge in [-0.15, -0.1) is 11.3 Å². The van der Waals surface area contributed by atoms with Gasteiger partial charge < -0.3 is 9.64 Å². The van der Waals surface area contributed by atoms with Crippen LogP contribution in [0.2, 0.25) is 0 Å². The molecule has 2 aromatic rings. The molecular formula is C19H22N2O4S2. The molecule has 2 aliphatic rings. The Balaban J connectivity index is 1.49.